The van der Waals surface area contributed by atoms with Crippen LogP contribution in [0.3, 0.4) is 0 Å². The number of hydrogen-bond acceptors (Lipinski definition) is 3. The van der Waals surface area contributed by atoms with Crippen LogP contribution in [0.25, 0.3) is 5.69 Å². The van der Waals surface area contributed by atoms with Gasteiger partial charge in [-0.1, -0.05) is 25.6 Å². The molecule has 1 aromatic carbocycles. The third-order valence-electron chi connectivity index (χ3n) is 3.60. The summed E-state index contributed by atoms with van der Waals surface area (Å²) in [4.78, 5) is 24.3. The second kappa shape index (κ2) is 6.73. The molecule has 2 aromatic rings. The van der Waals surface area contributed by atoms with Crippen LogP contribution in [0.4, 0.5) is 17.6 Å². The number of hydrogen-bond donors (Lipinski definition) is 1. The molecule has 0 atom stereocenters. The third kappa shape index (κ3) is 4.14. The summed E-state index contributed by atoms with van der Waals surface area (Å²) in [6.45, 7) is 7.23. The third-order valence-corrected chi connectivity index (χ3v) is 4.47. The molecule has 0 unspecified atom stereocenters. The molecule has 0 saturated heterocycles. The van der Waals surface area contributed by atoms with E-state index in [-0.39, 0.29) is 27.6 Å². The van der Waals surface area contributed by atoms with Gasteiger partial charge in [0.1, 0.15) is 13.9 Å². The van der Waals surface area contributed by atoms with E-state index < -0.39 is 37.0 Å². The van der Waals surface area contributed by atoms with Crippen molar-refractivity contribution in [2.75, 3.05) is 5.84 Å². The maximum atomic E-state index is 14.6. The van der Waals surface area contributed by atoms with Crippen molar-refractivity contribution in [3.8, 4) is 17.2 Å². The summed E-state index contributed by atoms with van der Waals surface area (Å²) in [5.74, 6) is 7.18. The highest BCUT2D eigenvalue weighted by Crippen LogP contribution is 2.26. The molecule has 1 heterocycles. The van der Waals surface area contributed by atoms with Gasteiger partial charge in [-0.3, -0.25) is 4.79 Å². The summed E-state index contributed by atoms with van der Waals surface area (Å²) in [5, 5.41) is 0. The van der Waals surface area contributed by atoms with E-state index in [1.165, 1.54) is 19.1 Å². The molecule has 0 aliphatic carbocycles. The number of rotatable bonds is 1. The summed E-state index contributed by atoms with van der Waals surface area (Å²) in [7, 11) is -1.77. The lowest BCUT2D eigenvalue weighted by atomic mass is 10.1. The van der Waals surface area contributed by atoms with Gasteiger partial charge < -0.3 is 5.84 Å². The number of aromatic nitrogens is 2. The van der Waals surface area contributed by atoms with E-state index in [1.807, 2.05) is 19.6 Å². The van der Waals surface area contributed by atoms with E-state index in [0.29, 0.717) is 4.57 Å². The minimum absolute atomic E-state index is 0.0757. The van der Waals surface area contributed by atoms with Crippen LogP contribution in [0.5, 0.6) is 0 Å². The Morgan fingerprint density at radius 1 is 1.15 bits per heavy atom. The molecule has 0 aliphatic heterocycles. The first-order valence-electron chi connectivity index (χ1n) is 7.78. The molecule has 2 N–H and O–H groups in total. The van der Waals surface area contributed by atoms with Gasteiger partial charge in [-0.05, 0) is 19.1 Å². The molecule has 0 saturated carbocycles. The topological polar surface area (TPSA) is 70.0 Å². The van der Waals surface area contributed by atoms with Crippen molar-refractivity contribution in [1.29, 1.82) is 0 Å². The molecule has 0 radical (unpaired) electrons. The zero-order chi connectivity index (χ0) is 20.7. The molecule has 0 amide bonds. The van der Waals surface area contributed by atoms with Gasteiger partial charge in [0.05, 0.1) is 11.3 Å². The van der Waals surface area contributed by atoms with E-state index in [4.69, 9.17) is 5.84 Å². The van der Waals surface area contributed by atoms with Gasteiger partial charge in [-0.25, -0.2) is 18.4 Å². The lowest BCUT2D eigenvalue weighted by Gasteiger charge is -2.15. The maximum Gasteiger partial charge on any atom is 0.433 e. The number of nitrogens with two attached hydrogens (primary N) is 1. The summed E-state index contributed by atoms with van der Waals surface area (Å²) in [6.07, 6.45) is -4.98. The van der Waals surface area contributed by atoms with Crippen molar-refractivity contribution in [3.05, 3.63) is 61.7 Å². The Hall–Kier alpha value is -2.80. The summed E-state index contributed by atoms with van der Waals surface area (Å²) < 4.78 is 53.4. The van der Waals surface area contributed by atoms with E-state index in [9.17, 15) is 27.2 Å². The van der Waals surface area contributed by atoms with Gasteiger partial charge in [0.25, 0.3) is 5.56 Å². The van der Waals surface area contributed by atoms with Gasteiger partial charge in [-0.2, -0.15) is 13.2 Å². The van der Waals surface area contributed by atoms with Gasteiger partial charge >= 0.3 is 11.9 Å². The molecule has 0 aliphatic rings. The van der Waals surface area contributed by atoms with E-state index in [2.05, 4.69) is 11.5 Å². The van der Waals surface area contributed by atoms with Crippen LogP contribution in [0.2, 0.25) is 19.6 Å². The quantitative estimate of drug-likeness (QED) is 0.347. The molecular formula is C17H17F4N3O2Si. The first-order valence-corrected chi connectivity index (χ1v) is 11.3. The fourth-order valence-electron chi connectivity index (χ4n) is 2.26. The molecule has 1 aromatic heterocycles. The van der Waals surface area contributed by atoms with Crippen LogP contribution in [0.1, 0.15) is 16.8 Å². The molecular weight excluding hydrogens is 382 g/mol. The fraction of sp³-hybridized carbons (Fsp3) is 0.294. The zero-order valence-electron chi connectivity index (χ0n) is 15.0. The normalized spacial score (nSPS) is 11.9. The van der Waals surface area contributed by atoms with Gasteiger partial charge in [0, 0.05) is 11.6 Å². The van der Waals surface area contributed by atoms with Crippen LogP contribution < -0.4 is 17.1 Å². The monoisotopic (exact) mass is 399 g/mol. The molecule has 2 rings (SSSR count). The number of nitrogens with zero attached hydrogens (tertiary/aromatic N) is 2. The average molecular weight is 399 g/mol. The molecule has 27 heavy (non-hydrogen) atoms. The van der Waals surface area contributed by atoms with Crippen molar-refractivity contribution in [3.63, 3.8) is 0 Å². The lowest BCUT2D eigenvalue weighted by Crippen LogP contribution is -2.45. The number of halogens is 4. The number of alkyl halides is 3. The second-order valence-corrected chi connectivity index (χ2v) is 11.7. The van der Waals surface area contributed by atoms with Crippen molar-refractivity contribution in [1.82, 2.24) is 9.24 Å². The maximum absolute atomic E-state index is 14.6. The van der Waals surface area contributed by atoms with Crippen LogP contribution in [0, 0.1) is 24.2 Å². The number of benzene rings is 1. The van der Waals surface area contributed by atoms with Crippen LogP contribution in [-0.2, 0) is 6.18 Å². The Morgan fingerprint density at radius 2 is 1.74 bits per heavy atom. The first kappa shape index (κ1) is 20.5. The predicted molar refractivity (Wildman–Crippen MR) is 96.4 cm³/mol. The largest absolute Gasteiger partial charge is 0.433 e. The van der Waals surface area contributed by atoms with E-state index >= 15 is 0 Å². The summed E-state index contributed by atoms with van der Waals surface area (Å²) >= 11 is 0. The van der Waals surface area contributed by atoms with Crippen LogP contribution in [0.15, 0.2) is 27.8 Å². The van der Waals surface area contributed by atoms with E-state index in [0.717, 1.165) is 0 Å². The standard InChI is InChI=1S/C17H17F4N3O2Si/c1-10-12(6-5-11(15(10)18)7-8-27(2,3)4)23-14(25)9-13(17(19,20)21)24(22)16(23)26/h5-6,9H,22H2,1-4H3. The van der Waals surface area contributed by atoms with Crippen molar-refractivity contribution >= 4 is 8.07 Å². The average Bonchev–Trinajstić information content (AvgIpc) is 2.52. The molecule has 0 bridgehead atoms. The smallest absolute Gasteiger partial charge is 0.335 e. The highest BCUT2D eigenvalue weighted by molar-refractivity contribution is 6.83. The molecule has 0 fully saturated rings. The van der Waals surface area contributed by atoms with Crippen molar-refractivity contribution in [2.45, 2.75) is 32.7 Å². The highest BCUT2D eigenvalue weighted by Gasteiger charge is 2.36. The summed E-state index contributed by atoms with van der Waals surface area (Å²) in [6, 6.07) is 2.72. The van der Waals surface area contributed by atoms with Gasteiger partial charge in [-0.15, -0.1) is 5.54 Å². The van der Waals surface area contributed by atoms with E-state index in [1.54, 1.807) is 0 Å². The highest BCUT2D eigenvalue weighted by atomic mass is 28.3. The Balaban J connectivity index is 2.73. The number of nitrogen functional groups attached to an aromatic ring is 1. The second-order valence-electron chi connectivity index (χ2n) is 6.92. The molecule has 10 heteroatoms. The summed E-state index contributed by atoms with van der Waals surface area (Å²) in [5.41, 5.74) is -1.53. The predicted octanol–water partition coefficient (Wildman–Crippen LogP) is 2.41. The van der Waals surface area contributed by atoms with Gasteiger partial charge in [0.15, 0.2) is 5.69 Å². The molecule has 5 nitrogen and oxygen atoms in total. The molecule has 144 valence electrons. The lowest BCUT2D eigenvalue weighted by molar-refractivity contribution is -0.143. The minimum Gasteiger partial charge on any atom is -0.335 e. The Kier molecular flexibility index (Phi) is 5.12. The fourth-order valence-corrected chi connectivity index (χ4v) is 2.77. The Bertz CT molecular complexity index is 1080. The van der Waals surface area contributed by atoms with Crippen molar-refractivity contribution in [2.24, 2.45) is 0 Å². The van der Waals surface area contributed by atoms with Crippen molar-refractivity contribution < 1.29 is 17.6 Å². The Morgan fingerprint density at radius 3 is 2.26 bits per heavy atom. The zero-order valence-corrected chi connectivity index (χ0v) is 16.0. The van der Waals surface area contributed by atoms with Crippen LogP contribution in [-0.4, -0.2) is 17.3 Å². The SMILES string of the molecule is Cc1c(-n2c(=O)cc(C(F)(F)F)n(N)c2=O)ccc(C#C[Si](C)(C)C)c1F. The molecule has 0 spiro atoms. The first-order chi connectivity index (χ1) is 12.2. The van der Waals surface area contributed by atoms with Gasteiger partial charge in [0.2, 0.25) is 0 Å². The van der Waals surface area contributed by atoms with Crippen LogP contribution >= 0.6 is 0 Å². The Labute approximate surface area is 153 Å². The minimum atomic E-state index is -4.98.